The van der Waals surface area contributed by atoms with E-state index >= 15 is 0 Å². The number of nitrogens with zero attached hydrogens (tertiary/aromatic N) is 1. The van der Waals surface area contributed by atoms with E-state index in [0.29, 0.717) is 0 Å². The average Bonchev–Trinajstić information content (AvgIpc) is 2.75. The highest BCUT2D eigenvalue weighted by Gasteiger charge is 2.14. The lowest BCUT2D eigenvalue weighted by Crippen LogP contribution is -3.00. The molecule has 0 saturated heterocycles. The van der Waals surface area contributed by atoms with Crippen LogP contribution >= 0.6 is 0 Å². The first-order valence-electron chi connectivity index (χ1n) is 13.0. The van der Waals surface area contributed by atoms with E-state index in [0.717, 1.165) is 11.0 Å². The van der Waals surface area contributed by atoms with E-state index < -0.39 is 0 Å². The zero-order chi connectivity index (χ0) is 22.3. The Bertz CT molecular complexity index is 457. The molecule has 0 amide bonds. The van der Waals surface area contributed by atoms with E-state index in [1.54, 1.807) is 0 Å². The van der Waals surface area contributed by atoms with Gasteiger partial charge in [-0.2, -0.15) is 0 Å². The second-order valence-corrected chi connectivity index (χ2v) is 9.61. The van der Waals surface area contributed by atoms with Gasteiger partial charge in [0.25, 0.3) is 0 Å². The number of rotatable bonds is 19. The van der Waals surface area contributed by atoms with Crippen molar-refractivity contribution in [1.29, 1.82) is 0 Å². The van der Waals surface area contributed by atoms with E-state index in [2.05, 4.69) is 64.5 Å². The van der Waals surface area contributed by atoms with Gasteiger partial charge in [0.2, 0.25) is 0 Å². The van der Waals surface area contributed by atoms with Crippen LogP contribution in [0.15, 0.2) is 43.5 Å². The SMILES string of the molecule is C=C.CCCCCCCCCCCCCCCCCC[N+](C)(C)Cc1ccccc1.[Cl-]. The Morgan fingerprint density at radius 3 is 1.32 bits per heavy atom. The molecule has 0 heterocycles. The smallest absolute Gasteiger partial charge is 0.104 e. The Morgan fingerprint density at radius 1 is 0.581 bits per heavy atom. The highest BCUT2D eigenvalue weighted by molar-refractivity contribution is 5.13. The highest BCUT2D eigenvalue weighted by atomic mass is 35.5. The van der Waals surface area contributed by atoms with Gasteiger partial charge in [0.15, 0.2) is 0 Å². The van der Waals surface area contributed by atoms with Crippen LogP contribution in [-0.4, -0.2) is 25.1 Å². The molecule has 0 aliphatic rings. The normalized spacial score (nSPS) is 10.8. The third-order valence-corrected chi connectivity index (χ3v) is 6.07. The van der Waals surface area contributed by atoms with Gasteiger partial charge in [0.05, 0.1) is 20.6 Å². The van der Waals surface area contributed by atoms with Gasteiger partial charge in [-0.15, -0.1) is 13.2 Å². The molecule has 0 aliphatic heterocycles. The van der Waals surface area contributed by atoms with Crippen LogP contribution in [0, 0.1) is 0 Å². The first-order chi connectivity index (χ1) is 14.6. The predicted molar refractivity (Wildman–Crippen MR) is 138 cm³/mol. The maximum atomic E-state index is 3.00. The molecule has 1 rings (SSSR count). The van der Waals surface area contributed by atoms with E-state index in [1.807, 2.05) is 0 Å². The summed E-state index contributed by atoms with van der Waals surface area (Å²) in [4.78, 5) is 0. The standard InChI is InChI=1S/C27H50N.C2H4.ClH/c1-4-5-6-7-8-9-10-11-12-13-14-15-16-17-18-22-25-28(2,3)26-27-23-20-19-21-24-27;1-2;/h19-21,23-24H,4-18,22,25-26H2,1-3H3;1-2H2;1H/q+1;;/p-1. The maximum Gasteiger partial charge on any atom is 0.104 e. The van der Waals surface area contributed by atoms with E-state index in [-0.39, 0.29) is 12.4 Å². The number of quaternary nitrogens is 1. The van der Waals surface area contributed by atoms with Crippen LogP contribution in [0.3, 0.4) is 0 Å². The lowest BCUT2D eigenvalue weighted by Gasteiger charge is -2.30. The second-order valence-electron chi connectivity index (χ2n) is 9.61. The minimum absolute atomic E-state index is 0. The molecule has 0 saturated carbocycles. The topological polar surface area (TPSA) is 0 Å². The zero-order valence-corrected chi connectivity index (χ0v) is 22.1. The van der Waals surface area contributed by atoms with Gasteiger partial charge in [-0.25, -0.2) is 0 Å². The van der Waals surface area contributed by atoms with Gasteiger partial charge in [-0.1, -0.05) is 127 Å². The summed E-state index contributed by atoms with van der Waals surface area (Å²) >= 11 is 0. The van der Waals surface area contributed by atoms with Crippen LogP contribution in [0.25, 0.3) is 0 Å². The molecular weight excluding hydrogens is 398 g/mol. The molecule has 1 aromatic carbocycles. The molecule has 0 bridgehead atoms. The molecule has 0 aromatic heterocycles. The third kappa shape index (κ3) is 22.2. The van der Waals surface area contributed by atoms with Crippen molar-refractivity contribution in [3.63, 3.8) is 0 Å². The average molecular weight is 452 g/mol. The minimum atomic E-state index is 0. The van der Waals surface area contributed by atoms with E-state index in [9.17, 15) is 0 Å². The first-order valence-corrected chi connectivity index (χ1v) is 13.0. The van der Waals surface area contributed by atoms with E-state index in [1.165, 1.54) is 115 Å². The van der Waals surface area contributed by atoms with Crippen LogP contribution in [0.4, 0.5) is 0 Å². The second kappa shape index (κ2) is 23.9. The number of benzene rings is 1. The van der Waals surface area contributed by atoms with Crippen molar-refractivity contribution in [3.8, 4) is 0 Å². The van der Waals surface area contributed by atoms with Crippen molar-refractivity contribution < 1.29 is 16.9 Å². The van der Waals surface area contributed by atoms with Crippen LogP contribution in [-0.2, 0) is 6.54 Å². The lowest BCUT2D eigenvalue weighted by atomic mass is 10.0. The molecule has 0 atom stereocenters. The van der Waals surface area contributed by atoms with E-state index in [4.69, 9.17) is 0 Å². The molecule has 0 radical (unpaired) electrons. The molecule has 182 valence electrons. The Labute approximate surface area is 202 Å². The van der Waals surface area contributed by atoms with Crippen LogP contribution < -0.4 is 12.4 Å². The third-order valence-electron chi connectivity index (χ3n) is 6.07. The molecule has 0 spiro atoms. The molecule has 0 N–H and O–H groups in total. The zero-order valence-electron chi connectivity index (χ0n) is 21.4. The fourth-order valence-electron chi connectivity index (χ4n) is 4.24. The van der Waals surface area contributed by atoms with Gasteiger partial charge >= 0.3 is 0 Å². The van der Waals surface area contributed by atoms with Crippen molar-refractivity contribution in [1.82, 2.24) is 0 Å². The van der Waals surface area contributed by atoms with Crippen molar-refractivity contribution in [2.45, 2.75) is 116 Å². The monoisotopic (exact) mass is 451 g/mol. The fraction of sp³-hybridized carbons (Fsp3) is 0.724. The summed E-state index contributed by atoms with van der Waals surface area (Å²) < 4.78 is 1.11. The summed E-state index contributed by atoms with van der Waals surface area (Å²) in [6, 6.07) is 10.9. The summed E-state index contributed by atoms with van der Waals surface area (Å²) in [5.41, 5.74) is 1.46. The Hall–Kier alpha value is -0.790. The van der Waals surface area contributed by atoms with Gasteiger partial charge in [0, 0.05) is 5.56 Å². The Balaban J connectivity index is 0. The summed E-state index contributed by atoms with van der Waals surface area (Å²) in [6.07, 6.45) is 23.2. The van der Waals surface area contributed by atoms with Crippen molar-refractivity contribution in [2.75, 3.05) is 20.6 Å². The Morgan fingerprint density at radius 2 is 0.935 bits per heavy atom. The quantitative estimate of drug-likeness (QED) is 0.131. The number of halogens is 1. The van der Waals surface area contributed by atoms with Gasteiger partial charge in [0.1, 0.15) is 6.54 Å². The molecule has 1 aromatic rings. The summed E-state index contributed by atoms with van der Waals surface area (Å²) in [7, 11) is 4.75. The fourth-order valence-corrected chi connectivity index (χ4v) is 4.24. The number of hydrogen-bond donors (Lipinski definition) is 0. The van der Waals surface area contributed by atoms with Gasteiger partial charge in [-0.05, 0) is 12.8 Å². The minimum Gasteiger partial charge on any atom is -1.00 e. The van der Waals surface area contributed by atoms with Crippen LogP contribution in [0.2, 0.25) is 0 Å². The largest absolute Gasteiger partial charge is 1.00 e. The maximum absolute atomic E-state index is 3.00. The first kappa shape index (κ1) is 32.4. The summed E-state index contributed by atoms with van der Waals surface area (Å²) in [5, 5.41) is 0. The molecule has 0 fully saturated rings. The molecular formula is C29H54ClN. The molecule has 0 unspecified atom stereocenters. The Kier molecular flexibility index (Phi) is 24.9. The predicted octanol–water partition coefficient (Wildman–Crippen LogP) is 6.33. The van der Waals surface area contributed by atoms with Crippen LogP contribution in [0.1, 0.15) is 115 Å². The lowest BCUT2D eigenvalue weighted by molar-refractivity contribution is -0.903. The van der Waals surface area contributed by atoms with Gasteiger partial charge < -0.3 is 16.9 Å². The summed E-state index contributed by atoms with van der Waals surface area (Å²) in [6.45, 7) is 10.8. The number of hydrogen-bond acceptors (Lipinski definition) is 0. The molecule has 31 heavy (non-hydrogen) atoms. The van der Waals surface area contributed by atoms with Crippen molar-refractivity contribution in [2.24, 2.45) is 0 Å². The molecule has 1 nitrogen and oxygen atoms in total. The molecule has 0 aliphatic carbocycles. The summed E-state index contributed by atoms with van der Waals surface area (Å²) in [5.74, 6) is 0. The number of unbranched alkanes of at least 4 members (excludes halogenated alkanes) is 15. The molecule has 2 heteroatoms. The van der Waals surface area contributed by atoms with Crippen molar-refractivity contribution in [3.05, 3.63) is 49.1 Å². The van der Waals surface area contributed by atoms with Gasteiger partial charge in [-0.3, -0.25) is 0 Å². The highest BCUT2D eigenvalue weighted by Crippen LogP contribution is 2.15. The van der Waals surface area contributed by atoms with Crippen molar-refractivity contribution >= 4 is 0 Å². The van der Waals surface area contributed by atoms with Crippen LogP contribution in [0.5, 0.6) is 0 Å².